The number of hydrogen-bond donors (Lipinski definition) is 2. The van der Waals surface area contributed by atoms with Crippen LogP contribution in [-0.2, 0) is 13.0 Å². The lowest BCUT2D eigenvalue weighted by Crippen LogP contribution is -2.39. The average Bonchev–Trinajstić information content (AvgIpc) is 3.44. The normalized spacial score (nSPS) is 11.3. The number of nitrogens with zero attached hydrogens (tertiary/aromatic N) is 2. The Morgan fingerprint density at radius 2 is 2.00 bits per heavy atom. The van der Waals surface area contributed by atoms with Crippen LogP contribution in [0.3, 0.4) is 0 Å². The van der Waals surface area contributed by atoms with E-state index in [4.69, 9.17) is 9.41 Å². The van der Waals surface area contributed by atoms with Gasteiger partial charge in [0, 0.05) is 30.7 Å². The first-order chi connectivity index (χ1) is 14.2. The molecule has 0 fully saturated rings. The second-order valence-corrected chi connectivity index (χ2v) is 7.58. The van der Waals surface area contributed by atoms with Crippen molar-refractivity contribution in [3.63, 3.8) is 0 Å². The van der Waals surface area contributed by atoms with E-state index in [1.165, 1.54) is 11.1 Å². The molecule has 0 aliphatic heterocycles. The first-order valence-electron chi connectivity index (χ1n) is 9.61. The van der Waals surface area contributed by atoms with Crippen molar-refractivity contribution in [3.8, 4) is 0 Å². The van der Waals surface area contributed by atoms with E-state index in [2.05, 4.69) is 47.0 Å². The third-order valence-corrected chi connectivity index (χ3v) is 5.27. The maximum absolute atomic E-state index is 12.0. The topological polar surface area (TPSA) is 69.9 Å². The van der Waals surface area contributed by atoms with Crippen LogP contribution in [-0.4, -0.2) is 36.9 Å². The molecule has 1 aromatic carbocycles. The van der Waals surface area contributed by atoms with Gasteiger partial charge < -0.3 is 20.0 Å². The van der Waals surface area contributed by atoms with Crippen molar-refractivity contribution in [2.45, 2.75) is 19.9 Å². The molecular weight excluding hydrogens is 384 g/mol. The number of amides is 1. The Labute approximate surface area is 175 Å². The Bertz CT molecular complexity index is 903. The minimum atomic E-state index is -0.262. The number of carbonyl (C=O) groups excluding carboxylic acids is 1. The van der Waals surface area contributed by atoms with Gasteiger partial charge in [0.2, 0.25) is 0 Å². The zero-order valence-corrected chi connectivity index (χ0v) is 17.5. The van der Waals surface area contributed by atoms with Crippen molar-refractivity contribution in [2.75, 3.05) is 25.5 Å². The fourth-order valence-electron chi connectivity index (χ4n) is 2.77. The summed E-state index contributed by atoms with van der Waals surface area (Å²) in [6, 6.07) is 15.3. The number of likely N-dealkylation sites (N-methyl/N-ethyl adjacent to an activating group) is 1. The lowest BCUT2D eigenvalue weighted by Gasteiger charge is -2.21. The van der Waals surface area contributed by atoms with Gasteiger partial charge >= 0.3 is 0 Å². The summed E-state index contributed by atoms with van der Waals surface area (Å²) >= 11 is 1.78. The summed E-state index contributed by atoms with van der Waals surface area (Å²) in [6.45, 7) is 4.36. The van der Waals surface area contributed by atoms with E-state index in [1.54, 1.807) is 23.5 Å². The highest BCUT2D eigenvalue weighted by Gasteiger charge is 2.09. The number of guanidine groups is 1. The van der Waals surface area contributed by atoms with Gasteiger partial charge in [-0.25, -0.2) is 4.99 Å². The molecule has 0 saturated carbocycles. The number of carbonyl (C=O) groups is 1. The minimum Gasteiger partial charge on any atom is -0.459 e. The molecule has 152 valence electrons. The van der Waals surface area contributed by atoms with Crippen LogP contribution >= 0.6 is 11.3 Å². The zero-order valence-electron chi connectivity index (χ0n) is 16.7. The van der Waals surface area contributed by atoms with Crippen LogP contribution in [0.1, 0.15) is 27.9 Å². The third kappa shape index (κ3) is 6.22. The Kier molecular flexibility index (Phi) is 7.47. The van der Waals surface area contributed by atoms with Gasteiger partial charge in [-0.15, -0.1) is 11.3 Å². The molecule has 0 saturated heterocycles. The van der Waals surface area contributed by atoms with Crippen LogP contribution in [0.5, 0.6) is 0 Å². The summed E-state index contributed by atoms with van der Waals surface area (Å²) in [5, 5.41) is 8.27. The van der Waals surface area contributed by atoms with Gasteiger partial charge in [-0.2, -0.15) is 0 Å². The average molecular weight is 411 g/mol. The number of rotatable bonds is 8. The molecule has 2 heterocycles. The SMILES string of the molecule is CCNC(=NCc1ccc(NC(=O)c2ccco2)cc1)N(C)CCc1cccs1. The molecule has 29 heavy (non-hydrogen) atoms. The number of furan rings is 1. The highest BCUT2D eigenvalue weighted by Crippen LogP contribution is 2.13. The fraction of sp³-hybridized carbons (Fsp3) is 0.273. The van der Waals surface area contributed by atoms with Gasteiger partial charge in [0.15, 0.2) is 11.7 Å². The van der Waals surface area contributed by atoms with Crippen LogP contribution < -0.4 is 10.6 Å². The molecule has 0 unspecified atom stereocenters. The molecule has 3 rings (SSSR count). The lowest BCUT2D eigenvalue weighted by molar-refractivity contribution is 0.0996. The Morgan fingerprint density at radius 3 is 2.66 bits per heavy atom. The highest BCUT2D eigenvalue weighted by atomic mass is 32.1. The number of benzene rings is 1. The molecular formula is C22H26N4O2S. The first kappa shape index (κ1) is 20.7. The minimum absolute atomic E-state index is 0.262. The van der Waals surface area contributed by atoms with Gasteiger partial charge in [0.05, 0.1) is 12.8 Å². The summed E-state index contributed by atoms with van der Waals surface area (Å²) < 4.78 is 5.10. The monoisotopic (exact) mass is 410 g/mol. The van der Waals surface area contributed by atoms with Gasteiger partial charge in [0.25, 0.3) is 5.91 Å². The molecule has 0 aliphatic rings. The predicted octanol–water partition coefficient (Wildman–Crippen LogP) is 4.23. The van der Waals surface area contributed by atoms with E-state index in [0.29, 0.717) is 12.3 Å². The van der Waals surface area contributed by atoms with Crippen LogP contribution in [0.4, 0.5) is 5.69 Å². The Morgan fingerprint density at radius 1 is 1.17 bits per heavy atom. The maximum Gasteiger partial charge on any atom is 0.291 e. The van der Waals surface area contributed by atoms with Crippen molar-refractivity contribution < 1.29 is 9.21 Å². The second-order valence-electron chi connectivity index (χ2n) is 6.55. The maximum atomic E-state index is 12.0. The van der Waals surface area contributed by atoms with E-state index in [1.807, 2.05) is 24.3 Å². The van der Waals surface area contributed by atoms with Crippen LogP contribution in [0.2, 0.25) is 0 Å². The summed E-state index contributed by atoms with van der Waals surface area (Å²) in [5.74, 6) is 0.918. The molecule has 0 aliphatic carbocycles. The zero-order chi connectivity index (χ0) is 20.5. The standard InChI is InChI=1S/C22H26N4O2S/c1-3-23-22(26(2)13-12-19-6-5-15-29-19)24-16-17-8-10-18(11-9-17)25-21(27)20-7-4-14-28-20/h4-11,14-15H,3,12-13,16H2,1-2H3,(H,23,24)(H,25,27). The smallest absolute Gasteiger partial charge is 0.291 e. The Hall–Kier alpha value is -3.06. The van der Waals surface area contributed by atoms with E-state index >= 15 is 0 Å². The fourth-order valence-corrected chi connectivity index (χ4v) is 3.47. The second kappa shape index (κ2) is 10.5. The van der Waals surface area contributed by atoms with Crippen molar-refractivity contribution in [1.29, 1.82) is 0 Å². The summed E-state index contributed by atoms with van der Waals surface area (Å²) in [7, 11) is 2.06. The van der Waals surface area contributed by atoms with Crippen LogP contribution in [0.25, 0.3) is 0 Å². The molecule has 2 N–H and O–H groups in total. The van der Waals surface area contributed by atoms with Gasteiger partial charge in [-0.1, -0.05) is 18.2 Å². The first-order valence-corrected chi connectivity index (χ1v) is 10.5. The predicted molar refractivity (Wildman–Crippen MR) is 119 cm³/mol. The third-order valence-electron chi connectivity index (χ3n) is 4.34. The van der Waals surface area contributed by atoms with Crippen LogP contribution in [0.15, 0.2) is 69.6 Å². The quantitative estimate of drug-likeness (QED) is 0.431. The van der Waals surface area contributed by atoms with Crippen molar-refractivity contribution in [2.24, 2.45) is 4.99 Å². The summed E-state index contributed by atoms with van der Waals surface area (Å²) in [5.41, 5.74) is 1.79. The number of anilines is 1. The number of aliphatic imine (C=N–C) groups is 1. The van der Waals surface area contributed by atoms with Crippen molar-refractivity contribution in [1.82, 2.24) is 10.2 Å². The lowest BCUT2D eigenvalue weighted by atomic mass is 10.2. The van der Waals surface area contributed by atoms with Gasteiger partial charge in [-0.3, -0.25) is 4.79 Å². The molecule has 3 aromatic rings. The molecule has 1 amide bonds. The molecule has 0 atom stereocenters. The van der Waals surface area contributed by atoms with Crippen LogP contribution in [0, 0.1) is 0 Å². The molecule has 0 radical (unpaired) electrons. The largest absolute Gasteiger partial charge is 0.459 e. The molecule has 7 heteroatoms. The molecule has 0 bridgehead atoms. The highest BCUT2D eigenvalue weighted by molar-refractivity contribution is 7.09. The number of thiophene rings is 1. The number of hydrogen-bond acceptors (Lipinski definition) is 4. The van der Waals surface area contributed by atoms with Gasteiger partial charge in [-0.05, 0) is 54.6 Å². The van der Waals surface area contributed by atoms with E-state index in [0.717, 1.165) is 36.7 Å². The summed E-state index contributed by atoms with van der Waals surface area (Å²) in [6.07, 6.45) is 2.48. The van der Waals surface area contributed by atoms with Gasteiger partial charge in [0.1, 0.15) is 0 Å². The van der Waals surface area contributed by atoms with E-state index < -0.39 is 0 Å². The van der Waals surface area contributed by atoms with Crippen molar-refractivity contribution in [3.05, 3.63) is 76.4 Å². The summed E-state index contributed by atoms with van der Waals surface area (Å²) in [4.78, 5) is 20.3. The Balaban J connectivity index is 1.56. The number of nitrogens with one attached hydrogen (secondary N) is 2. The molecule has 0 spiro atoms. The van der Waals surface area contributed by atoms with Crippen molar-refractivity contribution >= 4 is 28.9 Å². The molecule has 2 aromatic heterocycles. The van der Waals surface area contributed by atoms with E-state index in [-0.39, 0.29) is 5.91 Å². The van der Waals surface area contributed by atoms with E-state index in [9.17, 15) is 4.79 Å². The molecule has 6 nitrogen and oxygen atoms in total.